The van der Waals surface area contributed by atoms with Gasteiger partial charge in [-0.1, -0.05) is 64.8 Å². The average molecular weight is 623 g/mol. The third-order valence-corrected chi connectivity index (χ3v) is 6.45. The van der Waals surface area contributed by atoms with E-state index < -0.39 is 35.2 Å². The summed E-state index contributed by atoms with van der Waals surface area (Å²) in [5, 5.41) is 0. The molecule has 9 heteroatoms. The SMILES string of the molecule is C=C(C)C(=O)OCCCCCCc1ccc(OC(F)(F)c2c(F)cc(CCCCCCOC(=O)C(=C)C)cc2F)cc1.CC. The molecule has 0 atom stereocenters. The summed E-state index contributed by atoms with van der Waals surface area (Å²) >= 11 is 0. The van der Waals surface area contributed by atoms with Gasteiger partial charge in [0.2, 0.25) is 0 Å². The second-order valence-corrected chi connectivity index (χ2v) is 10.4. The molecule has 0 aromatic heterocycles. The number of hydrogen-bond donors (Lipinski definition) is 0. The summed E-state index contributed by atoms with van der Waals surface area (Å²) in [5.41, 5.74) is 0.450. The number of alkyl halides is 2. The molecule has 0 aliphatic heterocycles. The lowest BCUT2D eigenvalue weighted by molar-refractivity contribution is -0.189. The molecule has 0 fully saturated rings. The molecule has 0 aliphatic carbocycles. The van der Waals surface area contributed by atoms with Gasteiger partial charge in [0.05, 0.1) is 13.2 Å². The smallest absolute Gasteiger partial charge is 0.432 e. The molecule has 0 saturated heterocycles. The average Bonchev–Trinajstić information content (AvgIpc) is 2.97. The van der Waals surface area contributed by atoms with Crippen LogP contribution in [0.15, 0.2) is 60.7 Å². The summed E-state index contributed by atoms with van der Waals surface area (Å²) in [6.45, 7) is 14.8. The molecule has 5 nitrogen and oxygen atoms in total. The van der Waals surface area contributed by atoms with Crippen LogP contribution in [0.1, 0.15) is 95.8 Å². The lowest BCUT2D eigenvalue weighted by atomic mass is 10.0. The molecule has 44 heavy (non-hydrogen) atoms. The molecule has 0 spiro atoms. The maximum Gasteiger partial charge on any atom is 0.432 e. The van der Waals surface area contributed by atoms with E-state index in [9.17, 15) is 27.2 Å². The molecule has 0 saturated carbocycles. The minimum atomic E-state index is -4.21. The zero-order chi connectivity index (χ0) is 33.1. The van der Waals surface area contributed by atoms with Crippen LogP contribution in [0.4, 0.5) is 17.6 Å². The van der Waals surface area contributed by atoms with Crippen LogP contribution in [0.3, 0.4) is 0 Å². The van der Waals surface area contributed by atoms with E-state index in [-0.39, 0.29) is 17.9 Å². The van der Waals surface area contributed by atoms with E-state index in [2.05, 4.69) is 13.2 Å². The van der Waals surface area contributed by atoms with E-state index in [0.717, 1.165) is 62.6 Å². The number of ether oxygens (including phenoxy) is 3. The highest BCUT2D eigenvalue weighted by molar-refractivity contribution is 5.87. The third kappa shape index (κ3) is 14.2. The largest absolute Gasteiger partial charge is 0.462 e. The summed E-state index contributed by atoms with van der Waals surface area (Å²) in [6, 6.07) is 7.81. The summed E-state index contributed by atoms with van der Waals surface area (Å²) in [7, 11) is 0. The number of carbonyl (C=O) groups is 2. The first-order valence-electron chi connectivity index (χ1n) is 15.2. The van der Waals surface area contributed by atoms with Crippen molar-refractivity contribution < 1.29 is 41.4 Å². The van der Waals surface area contributed by atoms with Crippen molar-refractivity contribution in [2.45, 2.75) is 98.0 Å². The molecule has 2 aromatic carbocycles. The molecule has 2 aromatic rings. The van der Waals surface area contributed by atoms with Crippen LogP contribution in [0.2, 0.25) is 0 Å². The van der Waals surface area contributed by atoms with E-state index in [1.165, 1.54) is 12.1 Å². The number of aryl methyl sites for hydroxylation is 2. The van der Waals surface area contributed by atoms with E-state index in [1.807, 2.05) is 13.8 Å². The van der Waals surface area contributed by atoms with Gasteiger partial charge in [0.25, 0.3) is 0 Å². The summed E-state index contributed by atoms with van der Waals surface area (Å²) in [4.78, 5) is 22.6. The minimum Gasteiger partial charge on any atom is -0.462 e. The summed E-state index contributed by atoms with van der Waals surface area (Å²) in [5.74, 6) is -3.79. The van der Waals surface area contributed by atoms with Crippen LogP contribution in [0, 0.1) is 11.6 Å². The Morgan fingerprint density at radius 2 is 1.09 bits per heavy atom. The van der Waals surface area contributed by atoms with Crippen LogP contribution in [-0.2, 0) is 38.0 Å². The molecule has 0 radical (unpaired) electrons. The standard InChI is InChI=1S/C33H40F4O5.C2H6/c1-23(2)31(38)40-19-11-7-5-9-13-25-15-17-27(18-16-25)42-33(36,37)30-28(34)21-26(22-29(30)35)14-10-6-8-12-20-41-32(39)24(3)4;1-2/h15-18,21-22H,1,3,5-14,19-20H2,2,4H3;1-2H3. The predicted octanol–water partition coefficient (Wildman–Crippen LogP) is 9.56. The van der Waals surface area contributed by atoms with Gasteiger partial charge in [-0.2, -0.15) is 8.78 Å². The summed E-state index contributed by atoms with van der Waals surface area (Å²) < 4.78 is 73.6. The number of esters is 2. The fraction of sp³-hybridized carbons (Fsp3) is 0.486. The van der Waals surface area contributed by atoms with Gasteiger partial charge in [-0.15, -0.1) is 0 Å². The predicted molar refractivity (Wildman–Crippen MR) is 165 cm³/mol. The highest BCUT2D eigenvalue weighted by Gasteiger charge is 2.41. The monoisotopic (exact) mass is 622 g/mol. The highest BCUT2D eigenvalue weighted by atomic mass is 19.3. The van der Waals surface area contributed by atoms with Gasteiger partial charge in [0.1, 0.15) is 22.9 Å². The lowest BCUT2D eigenvalue weighted by Crippen LogP contribution is -2.25. The Bertz CT molecular complexity index is 1190. The highest BCUT2D eigenvalue weighted by Crippen LogP contribution is 2.35. The fourth-order valence-electron chi connectivity index (χ4n) is 4.12. The van der Waals surface area contributed by atoms with Crippen molar-refractivity contribution in [3.8, 4) is 5.75 Å². The lowest BCUT2D eigenvalue weighted by Gasteiger charge is -2.20. The van der Waals surface area contributed by atoms with Crippen molar-refractivity contribution in [1.82, 2.24) is 0 Å². The molecular formula is C35H46F4O5. The Balaban J connectivity index is 0.00000474. The van der Waals surface area contributed by atoms with Crippen LogP contribution < -0.4 is 4.74 Å². The van der Waals surface area contributed by atoms with Crippen molar-refractivity contribution in [2.75, 3.05) is 13.2 Å². The first-order chi connectivity index (χ1) is 20.9. The van der Waals surface area contributed by atoms with Gasteiger partial charge < -0.3 is 14.2 Å². The van der Waals surface area contributed by atoms with Gasteiger partial charge in [-0.25, -0.2) is 18.4 Å². The van der Waals surface area contributed by atoms with Crippen LogP contribution in [-0.4, -0.2) is 25.2 Å². The Hall–Kier alpha value is -3.62. The Kier molecular flexibility index (Phi) is 17.8. The molecule has 0 aliphatic rings. The number of carbonyl (C=O) groups excluding carboxylic acids is 2. The number of rotatable bonds is 19. The van der Waals surface area contributed by atoms with Gasteiger partial charge in [0, 0.05) is 11.1 Å². The molecular weight excluding hydrogens is 576 g/mol. The molecule has 244 valence electrons. The van der Waals surface area contributed by atoms with Crippen LogP contribution in [0.5, 0.6) is 5.75 Å². The second-order valence-electron chi connectivity index (χ2n) is 10.4. The number of halogens is 4. The topological polar surface area (TPSA) is 61.8 Å². The minimum absolute atomic E-state index is 0.208. The maximum absolute atomic E-state index is 14.8. The van der Waals surface area contributed by atoms with Crippen molar-refractivity contribution in [3.05, 3.63) is 89.0 Å². The Morgan fingerprint density at radius 3 is 1.52 bits per heavy atom. The Labute approximate surface area is 259 Å². The normalized spacial score (nSPS) is 10.8. The zero-order valence-corrected chi connectivity index (χ0v) is 26.4. The molecule has 2 rings (SSSR count). The van der Waals surface area contributed by atoms with E-state index >= 15 is 0 Å². The summed E-state index contributed by atoms with van der Waals surface area (Å²) in [6.07, 6.45) is 2.91. The van der Waals surface area contributed by atoms with Crippen LogP contribution >= 0.6 is 0 Å². The molecule has 0 N–H and O–H groups in total. The molecule has 0 unspecified atom stereocenters. The second kappa shape index (κ2) is 20.4. The maximum atomic E-state index is 14.8. The quantitative estimate of drug-likeness (QED) is 0.0676. The van der Waals surface area contributed by atoms with E-state index in [0.29, 0.717) is 37.0 Å². The van der Waals surface area contributed by atoms with Crippen molar-refractivity contribution in [2.24, 2.45) is 0 Å². The first kappa shape index (κ1) is 38.4. The number of benzene rings is 2. The Morgan fingerprint density at radius 1 is 0.682 bits per heavy atom. The van der Waals surface area contributed by atoms with E-state index in [4.69, 9.17) is 14.2 Å². The number of unbranched alkanes of at least 4 members (excludes halogenated alkanes) is 6. The van der Waals surface area contributed by atoms with E-state index in [1.54, 1.807) is 26.0 Å². The zero-order valence-electron chi connectivity index (χ0n) is 26.4. The third-order valence-electron chi connectivity index (χ3n) is 6.45. The van der Waals surface area contributed by atoms with Crippen molar-refractivity contribution in [3.63, 3.8) is 0 Å². The number of hydrogen-bond acceptors (Lipinski definition) is 5. The first-order valence-corrected chi connectivity index (χ1v) is 15.2. The van der Waals surface area contributed by atoms with Gasteiger partial charge in [0.15, 0.2) is 0 Å². The molecule has 0 bridgehead atoms. The molecule has 0 heterocycles. The van der Waals surface area contributed by atoms with Gasteiger partial charge in [-0.3, -0.25) is 0 Å². The molecule has 0 amide bonds. The fourth-order valence-corrected chi connectivity index (χ4v) is 4.12. The van der Waals surface area contributed by atoms with Crippen molar-refractivity contribution >= 4 is 11.9 Å². The van der Waals surface area contributed by atoms with Crippen molar-refractivity contribution in [1.29, 1.82) is 0 Å². The van der Waals surface area contributed by atoms with Crippen LogP contribution in [0.25, 0.3) is 0 Å². The van der Waals surface area contributed by atoms with Gasteiger partial charge in [-0.05, 0) is 87.8 Å². The van der Waals surface area contributed by atoms with Gasteiger partial charge >= 0.3 is 18.0 Å².